The summed E-state index contributed by atoms with van der Waals surface area (Å²) in [5, 5.41) is 0.106. The van der Waals surface area contributed by atoms with E-state index in [1.165, 1.54) is 42.9 Å². The molecule has 0 amide bonds. The summed E-state index contributed by atoms with van der Waals surface area (Å²) in [5.74, 6) is 2.30. The zero-order valence-electron chi connectivity index (χ0n) is 23.0. The van der Waals surface area contributed by atoms with E-state index in [4.69, 9.17) is 13.9 Å². The van der Waals surface area contributed by atoms with Gasteiger partial charge >= 0.3 is 5.97 Å². The van der Waals surface area contributed by atoms with Crippen LogP contribution < -0.4 is 9.16 Å². The Labute approximate surface area is 208 Å². The van der Waals surface area contributed by atoms with Crippen molar-refractivity contribution in [2.45, 2.75) is 117 Å². The van der Waals surface area contributed by atoms with Gasteiger partial charge in [0.1, 0.15) is 23.7 Å². The largest absolute Gasteiger partial charge is 0.543 e. The van der Waals surface area contributed by atoms with Crippen LogP contribution >= 0.6 is 0 Å². The van der Waals surface area contributed by atoms with Gasteiger partial charge in [-0.2, -0.15) is 0 Å². The summed E-state index contributed by atoms with van der Waals surface area (Å²) in [6.45, 7) is 20.0. The SMILES string of the molecule is CCCCCc1cc2c(c(O[Si](C)(C)C(C)(C)C)c1)[C@@H]1C=C(COC(C)=O)CC[C@H]1C(C)(C)O2. The zero-order chi connectivity index (χ0) is 25.3. The number of hydrogen-bond donors (Lipinski definition) is 0. The van der Waals surface area contributed by atoms with Crippen LogP contribution in [-0.2, 0) is 16.0 Å². The lowest BCUT2D eigenvalue weighted by molar-refractivity contribution is -0.140. The minimum Gasteiger partial charge on any atom is -0.543 e. The zero-order valence-corrected chi connectivity index (χ0v) is 24.0. The summed E-state index contributed by atoms with van der Waals surface area (Å²) >= 11 is 0. The van der Waals surface area contributed by atoms with Crippen molar-refractivity contribution >= 4 is 14.3 Å². The van der Waals surface area contributed by atoms with Crippen LogP contribution in [0.1, 0.15) is 97.6 Å². The van der Waals surface area contributed by atoms with Gasteiger partial charge in [-0.05, 0) is 80.9 Å². The molecule has 1 aliphatic heterocycles. The van der Waals surface area contributed by atoms with E-state index in [1.807, 2.05) is 0 Å². The Morgan fingerprint density at radius 2 is 1.91 bits per heavy atom. The molecule has 0 bridgehead atoms. The normalized spacial score (nSPS) is 21.6. The Kier molecular flexibility index (Phi) is 7.96. The van der Waals surface area contributed by atoms with Gasteiger partial charge in [0.25, 0.3) is 0 Å². The van der Waals surface area contributed by atoms with Crippen molar-refractivity contribution in [2.75, 3.05) is 6.61 Å². The van der Waals surface area contributed by atoms with Crippen LogP contribution in [0.15, 0.2) is 23.8 Å². The summed E-state index contributed by atoms with van der Waals surface area (Å²) < 4.78 is 19.1. The molecule has 0 saturated heterocycles. The highest BCUT2D eigenvalue weighted by atomic mass is 28.4. The number of rotatable bonds is 8. The Balaban J connectivity index is 2.11. The molecule has 5 heteroatoms. The number of ether oxygens (including phenoxy) is 2. The number of fused-ring (bicyclic) bond motifs is 3. The lowest BCUT2D eigenvalue weighted by Gasteiger charge is -2.48. The molecule has 2 atom stereocenters. The fourth-order valence-corrected chi connectivity index (χ4v) is 6.04. The average molecular weight is 487 g/mol. The Bertz CT molecular complexity index is 923. The number of esters is 1. The number of unbranched alkanes of at least 4 members (excludes halogenated alkanes) is 2. The van der Waals surface area contributed by atoms with Crippen molar-refractivity contribution in [3.05, 3.63) is 34.9 Å². The monoisotopic (exact) mass is 486 g/mol. The van der Waals surface area contributed by atoms with Crippen molar-refractivity contribution in [1.29, 1.82) is 0 Å². The minimum atomic E-state index is -2.05. The van der Waals surface area contributed by atoms with Crippen LogP contribution in [-0.4, -0.2) is 26.5 Å². The van der Waals surface area contributed by atoms with Gasteiger partial charge in [0.2, 0.25) is 8.32 Å². The number of benzene rings is 1. The van der Waals surface area contributed by atoms with Crippen LogP contribution in [0.5, 0.6) is 11.5 Å². The molecule has 190 valence electrons. The standard InChI is InChI=1S/C29H46O4Si/c1-10-11-12-13-21-17-25-27(26(18-21)33-34(8,9)28(3,4)5)23-16-22(19-31-20(2)30)14-15-24(23)29(6,7)32-25/h16-18,23-24H,10-15,19H2,1-9H3/t23-,24-/m1/s1. The van der Waals surface area contributed by atoms with Crippen molar-refractivity contribution in [3.63, 3.8) is 0 Å². The molecule has 0 radical (unpaired) electrons. The van der Waals surface area contributed by atoms with Gasteiger partial charge in [-0.1, -0.05) is 46.6 Å². The third kappa shape index (κ3) is 5.90. The van der Waals surface area contributed by atoms with Gasteiger partial charge in [-0.3, -0.25) is 4.79 Å². The van der Waals surface area contributed by atoms with Crippen molar-refractivity contribution < 1.29 is 18.7 Å². The average Bonchev–Trinajstić information content (AvgIpc) is 2.70. The number of carbonyl (C=O) groups excluding carboxylic acids is 1. The lowest BCUT2D eigenvalue weighted by atomic mass is 9.68. The predicted molar refractivity (Wildman–Crippen MR) is 142 cm³/mol. The first-order valence-corrected chi connectivity index (χ1v) is 16.0. The van der Waals surface area contributed by atoms with E-state index in [0.29, 0.717) is 12.5 Å². The topological polar surface area (TPSA) is 44.8 Å². The van der Waals surface area contributed by atoms with Crippen molar-refractivity contribution in [3.8, 4) is 11.5 Å². The molecule has 4 nitrogen and oxygen atoms in total. The molecule has 0 fully saturated rings. The van der Waals surface area contributed by atoms with Gasteiger partial charge in [0, 0.05) is 24.3 Å². The van der Waals surface area contributed by atoms with E-state index in [0.717, 1.165) is 30.8 Å². The fraction of sp³-hybridized carbons (Fsp3) is 0.690. The number of allylic oxidation sites excluding steroid dienone is 1. The number of hydrogen-bond acceptors (Lipinski definition) is 4. The summed E-state index contributed by atoms with van der Waals surface area (Å²) in [5.41, 5.74) is 3.42. The molecule has 0 N–H and O–H groups in total. The molecule has 0 saturated carbocycles. The number of carbonyl (C=O) groups is 1. The highest BCUT2D eigenvalue weighted by Crippen LogP contribution is 2.54. The third-order valence-electron chi connectivity index (χ3n) is 8.09. The summed E-state index contributed by atoms with van der Waals surface area (Å²) in [6, 6.07) is 4.55. The maximum absolute atomic E-state index is 11.4. The molecular weight excluding hydrogens is 440 g/mol. The van der Waals surface area contributed by atoms with E-state index in [1.54, 1.807) is 0 Å². The summed E-state index contributed by atoms with van der Waals surface area (Å²) in [4.78, 5) is 11.4. The fourth-order valence-electron chi connectivity index (χ4n) is 5.02. The van der Waals surface area contributed by atoms with E-state index in [2.05, 4.69) is 72.8 Å². The van der Waals surface area contributed by atoms with Gasteiger partial charge in [0.05, 0.1) is 0 Å². The highest BCUT2D eigenvalue weighted by Gasteiger charge is 2.47. The molecule has 1 aliphatic carbocycles. The second-order valence-corrected chi connectivity index (χ2v) is 17.0. The molecule has 1 aromatic carbocycles. The van der Waals surface area contributed by atoms with Gasteiger partial charge in [-0.15, -0.1) is 0 Å². The number of aryl methyl sites for hydroxylation is 1. The maximum atomic E-state index is 11.4. The Hall–Kier alpha value is -1.75. The molecule has 0 aromatic heterocycles. The summed E-state index contributed by atoms with van der Waals surface area (Å²) in [6.07, 6.45) is 8.95. The molecule has 0 spiro atoms. The minimum absolute atomic E-state index is 0.106. The maximum Gasteiger partial charge on any atom is 0.302 e. The quantitative estimate of drug-likeness (QED) is 0.162. The predicted octanol–water partition coefficient (Wildman–Crippen LogP) is 7.96. The van der Waals surface area contributed by atoms with E-state index in [9.17, 15) is 4.79 Å². The van der Waals surface area contributed by atoms with Gasteiger partial charge in [-0.25, -0.2) is 0 Å². The molecule has 34 heavy (non-hydrogen) atoms. The van der Waals surface area contributed by atoms with Crippen LogP contribution in [0.2, 0.25) is 18.1 Å². The molecule has 1 heterocycles. The first kappa shape index (κ1) is 26.8. The van der Waals surface area contributed by atoms with Crippen LogP contribution in [0.4, 0.5) is 0 Å². The molecule has 3 rings (SSSR count). The van der Waals surface area contributed by atoms with Crippen molar-refractivity contribution in [2.24, 2.45) is 5.92 Å². The van der Waals surface area contributed by atoms with E-state index < -0.39 is 8.32 Å². The first-order chi connectivity index (χ1) is 15.7. The highest BCUT2D eigenvalue weighted by molar-refractivity contribution is 6.74. The second-order valence-electron chi connectivity index (χ2n) is 12.3. The van der Waals surface area contributed by atoms with Gasteiger partial charge < -0.3 is 13.9 Å². The van der Waals surface area contributed by atoms with Crippen LogP contribution in [0.25, 0.3) is 0 Å². The van der Waals surface area contributed by atoms with Crippen molar-refractivity contribution in [1.82, 2.24) is 0 Å². The summed E-state index contributed by atoms with van der Waals surface area (Å²) in [7, 11) is -2.05. The third-order valence-corrected chi connectivity index (χ3v) is 12.4. The Morgan fingerprint density at radius 3 is 2.53 bits per heavy atom. The van der Waals surface area contributed by atoms with Crippen LogP contribution in [0.3, 0.4) is 0 Å². The molecular formula is C29H46O4Si. The smallest absolute Gasteiger partial charge is 0.302 e. The van der Waals surface area contributed by atoms with Gasteiger partial charge in [0.15, 0.2) is 0 Å². The molecule has 0 unspecified atom stereocenters. The molecule has 1 aromatic rings. The Morgan fingerprint density at radius 1 is 1.21 bits per heavy atom. The van der Waals surface area contributed by atoms with E-state index >= 15 is 0 Å². The lowest BCUT2D eigenvalue weighted by Crippen LogP contribution is -2.47. The first-order valence-electron chi connectivity index (χ1n) is 13.1. The second kappa shape index (κ2) is 10.1. The molecule has 2 aliphatic rings. The van der Waals surface area contributed by atoms with E-state index in [-0.39, 0.29) is 22.5 Å². The van der Waals surface area contributed by atoms with Crippen LogP contribution in [0, 0.1) is 5.92 Å².